The Hall–Kier alpha value is -1.45. The Morgan fingerprint density at radius 2 is 2.05 bits per heavy atom. The van der Waals surface area contributed by atoms with Crippen LogP contribution in [0.1, 0.15) is 67.4 Å². The van der Waals surface area contributed by atoms with Crippen molar-refractivity contribution in [1.29, 1.82) is 0 Å². The lowest BCUT2D eigenvalue weighted by molar-refractivity contribution is -0.138. The Balaban J connectivity index is 1.76. The van der Waals surface area contributed by atoms with Crippen LogP contribution in [0.25, 0.3) is 0 Å². The minimum atomic E-state index is -0.720. The van der Waals surface area contributed by atoms with Crippen LogP contribution in [0, 0.1) is 12.8 Å². The van der Waals surface area contributed by atoms with Crippen molar-refractivity contribution in [3.8, 4) is 0 Å². The number of aliphatic carboxylic acids is 1. The smallest absolute Gasteiger partial charge is 0.307 e. The van der Waals surface area contributed by atoms with Crippen molar-refractivity contribution in [2.75, 3.05) is 0 Å². The molecule has 0 aromatic carbocycles. The molecule has 0 radical (unpaired) electrons. The van der Waals surface area contributed by atoms with Crippen LogP contribution >= 0.6 is 0 Å². The predicted octanol–water partition coefficient (Wildman–Crippen LogP) is 3.02. The molecule has 0 spiro atoms. The van der Waals surface area contributed by atoms with Crippen molar-refractivity contribution in [3.05, 3.63) is 23.3 Å². The average molecular weight is 260 g/mol. The Kier molecular flexibility index (Phi) is 3.25. The minimum absolute atomic E-state index is 0.0385. The molecule has 2 fully saturated rings. The summed E-state index contributed by atoms with van der Waals surface area (Å²) in [5.41, 5.74) is 2.32. The summed E-state index contributed by atoms with van der Waals surface area (Å²) in [5.74, 6) is 0.390. The third kappa shape index (κ3) is 2.48. The highest BCUT2D eigenvalue weighted by atomic mass is 16.4. The zero-order valence-corrected chi connectivity index (χ0v) is 11.3. The van der Waals surface area contributed by atoms with Gasteiger partial charge >= 0.3 is 5.97 Å². The zero-order chi connectivity index (χ0) is 13.4. The van der Waals surface area contributed by atoms with E-state index in [9.17, 15) is 4.79 Å². The van der Waals surface area contributed by atoms with Crippen LogP contribution in [-0.4, -0.2) is 21.0 Å². The Morgan fingerprint density at radius 3 is 2.63 bits per heavy atom. The van der Waals surface area contributed by atoms with Crippen LogP contribution < -0.4 is 0 Å². The van der Waals surface area contributed by atoms with Crippen molar-refractivity contribution in [2.45, 2.75) is 57.3 Å². The fourth-order valence-corrected chi connectivity index (χ4v) is 3.24. The molecular weight excluding hydrogens is 240 g/mol. The van der Waals surface area contributed by atoms with Gasteiger partial charge < -0.3 is 5.11 Å². The van der Waals surface area contributed by atoms with Gasteiger partial charge in [0.15, 0.2) is 0 Å². The van der Waals surface area contributed by atoms with Crippen molar-refractivity contribution in [2.24, 2.45) is 5.92 Å². The van der Waals surface area contributed by atoms with Crippen LogP contribution in [0.3, 0.4) is 0 Å². The number of hydrogen-bond donors (Lipinski definition) is 1. The maximum Gasteiger partial charge on any atom is 0.307 e. The van der Waals surface area contributed by atoms with Crippen LogP contribution in [0.4, 0.5) is 0 Å². The number of aryl methyl sites for hydroxylation is 1. The summed E-state index contributed by atoms with van der Waals surface area (Å²) in [6, 6.07) is 0. The first-order valence-corrected chi connectivity index (χ1v) is 7.23. The number of carboxylic acids is 1. The van der Waals surface area contributed by atoms with E-state index in [0.717, 1.165) is 11.5 Å². The van der Waals surface area contributed by atoms with Crippen molar-refractivity contribution in [1.82, 2.24) is 9.97 Å². The molecule has 19 heavy (non-hydrogen) atoms. The van der Waals surface area contributed by atoms with E-state index in [-0.39, 0.29) is 11.8 Å². The van der Waals surface area contributed by atoms with Crippen molar-refractivity contribution < 1.29 is 9.90 Å². The van der Waals surface area contributed by atoms with Crippen LogP contribution in [0.15, 0.2) is 6.20 Å². The van der Waals surface area contributed by atoms with Crippen molar-refractivity contribution >= 4 is 5.97 Å². The summed E-state index contributed by atoms with van der Waals surface area (Å²) in [4.78, 5) is 19.9. The van der Waals surface area contributed by atoms with E-state index in [4.69, 9.17) is 5.11 Å². The largest absolute Gasteiger partial charge is 0.481 e. The normalized spacial score (nSPS) is 27.2. The number of aromatic nitrogens is 2. The fourth-order valence-electron chi connectivity index (χ4n) is 3.24. The molecule has 4 heteroatoms. The van der Waals surface area contributed by atoms with Gasteiger partial charge in [-0.3, -0.25) is 4.79 Å². The van der Waals surface area contributed by atoms with E-state index in [0.29, 0.717) is 12.3 Å². The molecule has 1 heterocycles. The van der Waals surface area contributed by atoms with Gasteiger partial charge in [-0.05, 0) is 37.7 Å². The summed E-state index contributed by atoms with van der Waals surface area (Å²) in [7, 11) is 0. The Morgan fingerprint density at radius 1 is 1.32 bits per heavy atom. The summed E-state index contributed by atoms with van der Waals surface area (Å²) in [6.45, 7) is 2.03. The Bertz CT molecular complexity index is 495. The molecule has 1 aromatic rings. The van der Waals surface area contributed by atoms with Gasteiger partial charge in [-0.2, -0.15) is 0 Å². The van der Waals surface area contributed by atoms with Gasteiger partial charge in [0.05, 0.1) is 5.92 Å². The van der Waals surface area contributed by atoms with Gasteiger partial charge in [0, 0.05) is 17.8 Å². The fraction of sp³-hybridized carbons (Fsp3) is 0.667. The van der Waals surface area contributed by atoms with E-state index < -0.39 is 5.97 Å². The summed E-state index contributed by atoms with van der Waals surface area (Å²) in [6.07, 6.45) is 9.07. The third-order valence-electron chi connectivity index (χ3n) is 4.52. The molecule has 3 rings (SSSR count). The highest BCUT2D eigenvalue weighted by molar-refractivity contribution is 5.74. The quantitative estimate of drug-likeness (QED) is 0.907. The number of carbonyl (C=O) groups is 1. The van der Waals surface area contributed by atoms with E-state index in [1.807, 2.05) is 13.1 Å². The van der Waals surface area contributed by atoms with Gasteiger partial charge in [0.1, 0.15) is 5.82 Å². The highest BCUT2D eigenvalue weighted by Gasteiger charge is 2.46. The van der Waals surface area contributed by atoms with E-state index in [1.165, 1.54) is 37.7 Å². The lowest BCUT2D eigenvalue weighted by Crippen LogP contribution is -2.10. The van der Waals surface area contributed by atoms with Crippen LogP contribution in [0.5, 0.6) is 0 Å². The number of hydrogen-bond acceptors (Lipinski definition) is 3. The third-order valence-corrected chi connectivity index (χ3v) is 4.52. The Labute approximate surface area is 113 Å². The molecule has 0 saturated heterocycles. The highest BCUT2D eigenvalue weighted by Crippen LogP contribution is 2.46. The summed E-state index contributed by atoms with van der Waals surface area (Å²) < 4.78 is 0. The van der Waals surface area contributed by atoms with Gasteiger partial charge in [0.25, 0.3) is 0 Å². The van der Waals surface area contributed by atoms with Gasteiger partial charge in [-0.25, -0.2) is 9.97 Å². The second-order valence-electron chi connectivity index (χ2n) is 5.89. The molecule has 4 nitrogen and oxygen atoms in total. The van der Waals surface area contributed by atoms with Crippen LogP contribution in [0.2, 0.25) is 0 Å². The molecule has 1 aromatic heterocycles. The molecular formula is C15H20N2O2. The molecule has 2 atom stereocenters. The first kappa shape index (κ1) is 12.6. The molecule has 2 saturated carbocycles. The van der Waals surface area contributed by atoms with Gasteiger partial charge in [-0.1, -0.05) is 19.3 Å². The lowest BCUT2D eigenvalue weighted by Gasteiger charge is -2.22. The van der Waals surface area contributed by atoms with Gasteiger partial charge in [-0.15, -0.1) is 0 Å². The lowest BCUT2D eigenvalue weighted by atomic mass is 9.84. The summed E-state index contributed by atoms with van der Waals surface area (Å²) in [5, 5.41) is 8.96. The van der Waals surface area contributed by atoms with E-state index >= 15 is 0 Å². The maximum atomic E-state index is 10.9. The average Bonchev–Trinajstić information content (AvgIpc) is 3.20. The molecule has 0 aliphatic heterocycles. The molecule has 102 valence electrons. The molecule has 0 amide bonds. The monoisotopic (exact) mass is 260 g/mol. The first-order valence-electron chi connectivity index (χ1n) is 7.23. The maximum absolute atomic E-state index is 10.9. The molecule has 2 aliphatic rings. The number of rotatable bonds is 3. The molecule has 1 N–H and O–H groups in total. The molecule has 0 bridgehead atoms. The zero-order valence-electron chi connectivity index (χ0n) is 11.3. The summed E-state index contributed by atoms with van der Waals surface area (Å²) >= 11 is 0. The minimum Gasteiger partial charge on any atom is -0.481 e. The second-order valence-corrected chi connectivity index (χ2v) is 5.89. The standard InChI is InChI=1S/C15H20N2O2/c1-9-13(10-5-3-2-4-6-10)8-16-14(17-9)11-7-12(11)15(18)19/h8,10-12H,2-7H2,1H3,(H,18,19)/t11-,12-/m0/s1. The number of carboxylic acid groups (broad SMARTS) is 1. The first-order chi connectivity index (χ1) is 9.16. The van der Waals surface area contributed by atoms with Crippen molar-refractivity contribution in [3.63, 3.8) is 0 Å². The number of nitrogens with zero attached hydrogens (tertiary/aromatic N) is 2. The second kappa shape index (κ2) is 4.91. The molecule has 2 aliphatic carbocycles. The van der Waals surface area contributed by atoms with E-state index in [2.05, 4.69) is 9.97 Å². The predicted molar refractivity (Wildman–Crippen MR) is 71.1 cm³/mol. The topological polar surface area (TPSA) is 63.1 Å². The SMILES string of the molecule is Cc1nc([C@H]2C[C@@H]2C(=O)O)ncc1C1CCCCC1. The van der Waals surface area contributed by atoms with Crippen LogP contribution in [-0.2, 0) is 4.79 Å². The molecule has 0 unspecified atom stereocenters. The van der Waals surface area contributed by atoms with E-state index in [1.54, 1.807) is 0 Å². The van der Waals surface area contributed by atoms with Gasteiger partial charge in [0.2, 0.25) is 0 Å².